The number of hydrogen-bond donors (Lipinski definition) is 1. The topological polar surface area (TPSA) is 73.4 Å². The lowest BCUT2D eigenvalue weighted by atomic mass is 10.0. The van der Waals surface area contributed by atoms with Crippen LogP contribution in [0, 0.1) is 5.82 Å². The van der Waals surface area contributed by atoms with Gasteiger partial charge in [-0.15, -0.1) is 0 Å². The summed E-state index contributed by atoms with van der Waals surface area (Å²) in [6, 6.07) is 4.05. The van der Waals surface area contributed by atoms with Gasteiger partial charge in [0.25, 0.3) is 0 Å². The molecule has 0 fully saturated rings. The van der Waals surface area contributed by atoms with Gasteiger partial charge in [0.05, 0.1) is 24.3 Å². The highest BCUT2D eigenvalue weighted by molar-refractivity contribution is 6.31. The first-order valence-corrected chi connectivity index (χ1v) is 8.09. The molecule has 0 radical (unpaired) electrons. The van der Waals surface area contributed by atoms with E-state index in [1.165, 1.54) is 32.7 Å². The Morgan fingerprint density at radius 1 is 1.19 bits per heavy atom. The average Bonchev–Trinajstić information content (AvgIpc) is 3.04. The number of carbonyl (C=O) groups is 1. The van der Waals surface area contributed by atoms with Crippen LogP contribution in [0.2, 0.25) is 5.02 Å². The molecule has 0 saturated heterocycles. The van der Waals surface area contributed by atoms with Crippen LogP contribution in [0.4, 0.5) is 4.39 Å². The fourth-order valence-electron chi connectivity index (χ4n) is 2.53. The van der Waals surface area contributed by atoms with Crippen molar-refractivity contribution in [1.29, 1.82) is 0 Å². The summed E-state index contributed by atoms with van der Waals surface area (Å²) < 4.78 is 30.1. The SMILES string of the molecule is COCCOc1cc(F)c(C(=O)c2c[nH]c3ncc(Cl)cc23)cc1OC. The Hall–Kier alpha value is -2.64. The smallest absolute Gasteiger partial charge is 0.198 e. The largest absolute Gasteiger partial charge is 0.493 e. The minimum Gasteiger partial charge on any atom is -0.493 e. The molecule has 0 aliphatic heterocycles. The van der Waals surface area contributed by atoms with E-state index in [4.69, 9.17) is 25.8 Å². The van der Waals surface area contributed by atoms with Gasteiger partial charge in [0.15, 0.2) is 17.3 Å². The number of rotatable bonds is 7. The second kappa shape index (κ2) is 7.72. The Morgan fingerprint density at radius 3 is 2.73 bits per heavy atom. The van der Waals surface area contributed by atoms with Gasteiger partial charge in [0, 0.05) is 36.5 Å². The minimum absolute atomic E-state index is 0.137. The van der Waals surface area contributed by atoms with Crippen LogP contribution in [-0.2, 0) is 4.74 Å². The predicted molar refractivity (Wildman–Crippen MR) is 94.9 cm³/mol. The highest BCUT2D eigenvalue weighted by Crippen LogP contribution is 2.32. The van der Waals surface area contributed by atoms with Crippen LogP contribution in [0.15, 0.2) is 30.6 Å². The number of carbonyl (C=O) groups excluding carboxylic acids is 1. The van der Waals surface area contributed by atoms with Gasteiger partial charge in [-0.2, -0.15) is 0 Å². The molecule has 0 amide bonds. The molecule has 2 heterocycles. The van der Waals surface area contributed by atoms with Crippen molar-refractivity contribution in [2.24, 2.45) is 0 Å². The molecule has 0 spiro atoms. The van der Waals surface area contributed by atoms with E-state index in [2.05, 4.69) is 9.97 Å². The van der Waals surface area contributed by atoms with Crippen LogP contribution >= 0.6 is 11.6 Å². The summed E-state index contributed by atoms with van der Waals surface area (Å²) in [7, 11) is 2.95. The van der Waals surface area contributed by atoms with Crippen molar-refractivity contribution in [3.05, 3.63) is 52.6 Å². The molecule has 1 N–H and O–H groups in total. The first-order chi connectivity index (χ1) is 12.5. The number of fused-ring (bicyclic) bond motifs is 1. The number of benzene rings is 1. The van der Waals surface area contributed by atoms with E-state index in [0.29, 0.717) is 22.7 Å². The fraction of sp³-hybridized carbons (Fsp3) is 0.222. The first kappa shape index (κ1) is 18.2. The molecule has 0 aliphatic carbocycles. The molecule has 0 bridgehead atoms. The number of pyridine rings is 1. The molecule has 0 atom stereocenters. The third-order valence-corrected chi connectivity index (χ3v) is 3.99. The van der Waals surface area contributed by atoms with Gasteiger partial charge in [0.2, 0.25) is 0 Å². The maximum Gasteiger partial charge on any atom is 0.198 e. The maximum absolute atomic E-state index is 14.6. The highest BCUT2D eigenvalue weighted by Gasteiger charge is 2.21. The predicted octanol–water partition coefficient (Wildman–Crippen LogP) is 3.62. The van der Waals surface area contributed by atoms with Crippen molar-refractivity contribution < 1.29 is 23.4 Å². The summed E-state index contributed by atoms with van der Waals surface area (Å²) in [5.41, 5.74) is 0.621. The van der Waals surface area contributed by atoms with Gasteiger partial charge in [-0.25, -0.2) is 9.37 Å². The number of methoxy groups -OCH3 is 2. The van der Waals surface area contributed by atoms with Crippen LogP contribution in [0.25, 0.3) is 11.0 Å². The van der Waals surface area contributed by atoms with E-state index in [0.717, 1.165) is 6.07 Å². The third-order valence-electron chi connectivity index (χ3n) is 3.79. The van der Waals surface area contributed by atoms with E-state index in [1.54, 1.807) is 6.07 Å². The van der Waals surface area contributed by atoms with Gasteiger partial charge in [-0.1, -0.05) is 11.6 Å². The molecular formula is C18H16ClFN2O4. The van der Waals surface area contributed by atoms with E-state index >= 15 is 0 Å². The van der Waals surface area contributed by atoms with Crippen LogP contribution in [0.3, 0.4) is 0 Å². The molecule has 1 aromatic carbocycles. The number of H-pyrrole nitrogens is 1. The Kier molecular flexibility index (Phi) is 5.39. The zero-order chi connectivity index (χ0) is 18.7. The van der Waals surface area contributed by atoms with Crippen LogP contribution in [0.1, 0.15) is 15.9 Å². The molecule has 6 nitrogen and oxygen atoms in total. The lowest BCUT2D eigenvalue weighted by Crippen LogP contribution is -2.08. The summed E-state index contributed by atoms with van der Waals surface area (Å²) in [6.45, 7) is 0.570. The van der Waals surface area contributed by atoms with Gasteiger partial charge in [-0.05, 0) is 12.1 Å². The van der Waals surface area contributed by atoms with E-state index in [-0.39, 0.29) is 29.2 Å². The Morgan fingerprint density at radius 2 is 2.00 bits per heavy atom. The Labute approximate surface area is 153 Å². The fourth-order valence-corrected chi connectivity index (χ4v) is 2.69. The number of hydrogen-bond acceptors (Lipinski definition) is 5. The lowest BCUT2D eigenvalue weighted by molar-refractivity contribution is 0.103. The molecule has 136 valence electrons. The second-order valence-electron chi connectivity index (χ2n) is 5.41. The molecule has 0 unspecified atom stereocenters. The summed E-state index contributed by atoms with van der Waals surface area (Å²) in [4.78, 5) is 19.8. The van der Waals surface area contributed by atoms with Crippen LogP contribution in [-0.4, -0.2) is 43.2 Å². The summed E-state index contributed by atoms with van der Waals surface area (Å²) >= 11 is 5.95. The zero-order valence-corrected chi connectivity index (χ0v) is 14.9. The number of aromatic nitrogens is 2. The molecule has 0 saturated carbocycles. The number of nitrogens with one attached hydrogen (secondary N) is 1. The van der Waals surface area contributed by atoms with Crippen molar-refractivity contribution >= 4 is 28.4 Å². The van der Waals surface area contributed by atoms with Gasteiger partial charge >= 0.3 is 0 Å². The maximum atomic E-state index is 14.6. The number of ether oxygens (including phenoxy) is 3. The average molecular weight is 379 g/mol. The van der Waals surface area contributed by atoms with E-state index in [9.17, 15) is 9.18 Å². The quantitative estimate of drug-likeness (QED) is 0.502. The van der Waals surface area contributed by atoms with Crippen molar-refractivity contribution in [2.45, 2.75) is 0 Å². The van der Waals surface area contributed by atoms with Crippen LogP contribution < -0.4 is 9.47 Å². The van der Waals surface area contributed by atoms with Crippen LogP contribution in [0.5, 0.6) is 11.5 Å². The summed E-state index contributed by atoms with van der Waals surface area (Å²) in [6.07, 6.45) is 2.94. The van der Waals surface area contributed by atoms with Crippen molar-refractivity contribution in [2.75, 3.05) is 27.4 Å². The van der Waals surface area contributed by atoms with E-state index in [1.807, 2.05) is 0 Å². The molecule has 3 rings (SSSR count). The number of ketones is 1. The monoisotopic (exact) mass is 378 g/mol. The van der Waals surface area contributed by atoms with Gasteiger partial charge < -0.3 is 19.2 Å². The number of halogens is 2. The van der Waals surface area contributed by atoms with Crippen molar-refractivity contribution in [3.63, 3.8) is 0 Å². The van der Waals surface area contributed by atoms with Gasteiger partial charge in [-0.3, -0.25) is 4.79 Å². The molecule has 26 heavy (non-hydrogen) atoms. The van der Waals surface area contributed by atoms with E-state index < -0.39 is 11.6 Å². The number of nitrogens with zero attached hydrogens (tertiary/aromatic N) is 1. The van der Waals surface area contributed by atoms with Gasteiger partial charge in [0.1, 0.15) is 18.1 Å². The molecule has 0 aliphatic rings. The minimum atomic E-state index is -0.715. The normalized spacial score (nSPS) is 10.9. The summed E-state index contributed by atoms with van der Waals surface area (Å²) in [5, 5.41) is 0.896. The molecule has 2 aromatic heterocycles. The molecular weight excluding hydrogens is 363 g/mol. The highest BCUT2D eigenvalue weighted by atomic mass is 35.5. The molecule has 8 heteroatoms. The Balaban J connectivity index is 1.99. The van der Waals surface area contributed by atoms with Crippen molar-refractivity contribution in [3.8, 4) is 11.5 Å². The number of aromatic amines is 1. The zero-order valence-electron chi connectivity index (χ0n) is 14.1. The third kappa shape index (κ3) is 3.49. The lowest BCUT2D eigenvalue weighted by Gasteiger charge is -2.12. The standard InChI is InChI=1S/C18H16ClFN2O4/c1-24-3-4-26-16-7-14(20)12(6-15(16)25-2)17(23)13-9-22-18-11(13)5-10(19)8-21-18/h5-9H,3-4H2,1-2H3,(H,21,22). The second-order valence-corrected chi connectivity index (χ2v) is 5.84. The summed E-state index contributed by atoms with van der Waals surface area (Å²) in [5.74, 6) is -0.781. The first-order valence-electron chi connectivity index (χ1n) is 7.71. The molecule has 3 aromatic rings. The van der Waals surface area contributed by atoms with Crippen molar-refractivity contribution in [1.82, 2.24) is 9.97 Å². The Bertz CT molecular complexity index is 958.